The van der Waals surface area contributed by atoms with Gasteiger partial charge in [0.15, 0.2) is 0 Å². The number of esters is 1. The van der Waals surface area contributed by atoms with Crippen LogP contribution in [0.5, 0.6) is 0 Å². The molecule has 1 aliphatic rings. The molecule has 0 saturated heterocycles. The summed E-state index contributed by atoms with van der Waals surface area (Å²) in [6, 6.07) is 0. The minimum atomic E-state index is -7.34. The average Bonchev–Trinajstić information content (AvgIpc) is 2.44. The lowest BCUT2D eigenvalue weighted by molar-refractivity contribution is -0.518. The fraction of sp³-hybridized carbons (Fsp3) is 0.917. The molecule has 0 radical (unpaired) electrons. The predicted octanol–water partition coefficient (Wildman–Crippen LogP) is 4.82. The molecule has 0 unspecified atom stereocenters. The molecule has 0 aromatic heterocycles. The average molecular weight is 396 g/mol. The van der Waals surface area contributed by atoms with Gasteiger partial charge in [0.2, 0.25) is 0 Å². The predicted molar refractivity (Wildman–Crippen MR) is 58.7 cm³/mol. The maximum absolute atomic E-state index is 14.1. The van der Waals surface area contributed by atoms with Crippen molar-refractivity contribution < 1.29 is 57.8 Å². The summed E-state index contributed by atoms with van der Waals surface area (Å²) < 4.78 is 150. The summed E-state index contributed by atoms with van der Waals surface area (Å²) in [6.07, 6.45) is -0.401. The van der Waals surface area contributed by atoms with E-state index >= 15 is 0 Å². The summed E-state index contributed by atoms with van der Waals surface area (Å²) in [4.78, 5) is 11.5. The number of halogens is 11. The van der Waals surface area contributed by atoms with E-state index in [1.807, 2.05) is 0 Å². The first-order valence-electron chi connectivity index (χ1n) is 6.50. The van der Waals surface area contributed by atoms with Gasteiger partial charge in [-0.2, -0.15) is 48.3 Å². The van der Waals surface area contributed by atoms with Crippen LogP contribution >= 0.6 is 0 Å². The van der Waals surface area contributed by atoms with Crippen molar-refractivity contribution in [3.05, 3.63) is 0 Å². The van der Waals surface area contributed by atoms with Gasteiger partial charge in [-0.3, -0.25) is 4.79 Å². The summed E-state index contributed by atoms with van der Waals surface area (Å²) in [7, 11) is 0. The Morgan fingerprint density at radius 2 is 1.00 bits per heavy atom. The number of rotatable bonds is 3. The van der Waals surface area contributed by atoms with Crippen molar-refractivity contribution in [2.45, 2.75) is 62.7 Å². The normalized spacial score (nSPS) is 28.2. The molecular formula is C12H11F11O2. The van der Waals surface area contributed by atoms with Crippen molar-refractivity contribution in [3.63, 3.8) is 0 Å². The Morgan fingerprint density at radius 1 is 0.720 bits per heavy atom. The minimum Gasteiger partial charge on any atom is -0.416 e. The monoisotopic (exact) mass is 396 g/mol. The van der Waals surface area contributed by atoms with E-state index in [0.717, 1.165) is 20.8 Å². The van der Waals surface area contributed by atoms with E-state index < -0.39 is 53.3 Å². The number of ether oxygens (including phenoxy) is 1. The van der Waals surface area contributed by atoms with Gasteiger partial charge in [0.25, 0.3) is 0 Å². The van der Waals surface area contributed by atoms with Gasteiger partial charge in [0, 0.05) is 0 Å². The maximum atomic E-state index is 14.1. The Bertz CT molecular complexity index is 537. The molecule has 0 aromatic rings. The fourth-order valence-electron chi connectivity index (χ4n) is 1.73. The van der Waals surface area contributed by atoms with Gasteiger partial charge in [-0.25, -0.2) is 0 Å². The lowest BCUT2D eigenvalue weighted by atomic mass is 9.78. The Hall–Kier alpha value is -1.30. The van der Waals surface area contributed by atoms with Crippen molar-refractivity contribution in [1.29, 1.82) is 0 Å². The molecule has 0 N–H and O–H groups in total. The maximum Gasteiger partial charge on any atom is 0.391 e. The van der Waals surface area contributed by atoms with Crippen LogP contribution in [0.1, 0.15) is 27.2 Å². The highest BCUT2D eigenvalue weighted by molar-refractivity contribution is 5.76. The number of alkyl halides is 11. The van der Waals surface area contributed by atoms with Crippen molar-refractivity contribution in [2.24, 2.45) is 5.41 Å². The SMILES string of the molecule is CCC(C)(C)C(=O)OC1(F)C(F)(F)C(F)(F)C(F)(F)C(F)(F)C1(F)F. The van der Waals surface area contributed by atoms with Gasteiger partial charge in [-0.1, -0.05) is 6.92 Å². The Labute approximate surface area is 133 Å². The molecule has 0 amide bonds. The molecule has 1 aliphatic carbocycles. The summed E-state index contributed by atoms with van der Waals surface area (Å²) >= 11 is 0. The summed E-state index contributed by atoms with van der Waals surface area (Å²) in [6.45, 7) is 2.76. The standard InChI is InChI=1S/C12H11F11O2/c1-4-6(2,3)5(24)25-12(23)10(19,20)8(15,16)7(13,14)9(17,18)11(12,21)22/h4H2,1-3H3. The van der Waals surface area contributed by atoms with E-state index in [1.165, 1.54) is 0 Å². The largest absolute Gasteiger partial charge is 0.416 e. The molecule has 148 valence electrons. The molecule has 0 aliphatic heterocycles. The fourth-order valence-corrected chi connectivity index (χ4v) is 1.73. The quantitative estimate of drug-likeness (QED) is 0.505. The molecule has 13 heteroatoms. The third-order valence-corrected chi connectivity index (χ3v) is 4.05. The first-order valence-corrected chi connectivity index (χ1v) is 6.50. The van der Waals surface area contributed by atoms with Crippen LogP contribution in [0, 0.1) is 5.41 Å². The van der Waals surface area contributed by atoms with Crippen LogP contribution < -0.4 is 0 Å². The molecule has 0 heterocycles. The van der Waals surface area contributed by atoms with E-state index in [0.29, 0.717) is 0 Å². The van der Waals surface area contributed by atoms with Crippen LogP contribution in [-0.4, -0.2) is 41.4 Å². The highest BCUT2D eigenvalue weighted by Gasteiger charge is 3.03. The molecule has 1 rings (SSSR count). The number of hydrogen-bond donors (Lipinski definition) is 0. The number of hydrogen-bond acceptors (Lipinski definition) is 2. The lowest BCUT2D eigenvalue weighted by Crippen LogP contribution is -2.84. The summed E-state index contributed by atoms with van der Waals surface area (Å²) in [5.74, 6) is -45.3. The Balaban J connectivity index is 3.70. The van der Waals surface area contributed by atoms with Crippen molar-refractivity contribution in [3.8, 4) is 0 Å². The van der Waals surface area contributed by atoms with Crippen LogP contribution in [0.2, 0.25) is 0 Å². The van der Waals surface area contributed by atoms with Crippen molar-refractivity contribution >= 4 is 5.97 Å². The third kappa shape index (κ3) is 2.19. The topological polar surface area (TPSA) is 26.3 Å². The number of carbonyl (C=O) groups is 1. The van der Waals surface area contributed by atoms with Gasteiger partial charge >= 0.3 is 41.4 Å². The third-order valence-electron chi connectivity index (χ3n) is 4.05. The van der Waals surface area contributed by atoms with Gasteiger partial charge < -0.3 is 4.74 Å². The molecule has 0 bridgehead atoms. The van der Waals surface area contributed by atoms with E-state index in [-0.39, 0.29) is 0 Å². The van der Waals surface area contributed by atoms with Crippen LogP contribution in [0.25, 0.3) is 0 Å². The highest BCUT2D eigenvalue weighted by Crippen LogP contribution is 2.69. The van der Waals surface area contributed by atoms with Crippen molar-refractivity contribution in [1.82, 2.24) is 0 Å². The summed E-state index contributed by atoms with van der Waals surface area (Å²) in [5, 5.41) is 0. The Kier molecular flexibility index (Phi) is 4.45. The zero-order valence-electron chi connectivity index (χ0n) is 12.7. The zero-order chi connectivity index (χ0) is 20.5. The van der Waals surface area contributed by atoms with E-state index in [4.69, 9.17) is 0 Å². The van der Waals surface area contributed by atoms with Crippen molar-refractivity contribution in [2.75, 3.05) is 0 Å². The van der Waals surface area contributed by atoms with Gasteiger partial charge in [-0.05, 0) is 20.3 Å². The summed E-state index contributed by atoms with van der Waals surface area (Å²) in [5.41, 5.74) is -2.05. The lowest BCUT2D eigenvalue weighted by Gasteiger charge is -2.51. The number of carbonyl (C=O) groups excluding carboxylic acids is 1. The first kappa shape index (κ1) is 21.7. The molecule has 0 aromatic carbocycles. The molecule has 2 nitrogen and oxygen atoms in total. The van der Waals surface area contributed by atoms with E-state index in [1.54, 1.807) is 0 Å². The van der Waals surface area contributed by atoms with Crippen LogP contribution in [0.4, 0.5) is 48.3 Å². The Morgan fingerprint density at radius 3 is 1.28 bits per heavy atom. The molecule has 0 atom stereocenters. The molecule has 1 fully saturated rings. The van der Waals surface area contributed by atoms with Gasteiger partial charge in [0.1, 0.15) is 0 Å². The second-order valence-electron chi connectivity index (χ2n) is 6.09. The van der Waals surface area contributed by atoms with Crippen LogP contribution in [0.3, 0.4) is 0 Å². The molecular weight excluding hydrogens is 385 g/mol. The second-order valence-corrected chi connectivity index (χ2v) is 6.09. The van der Waals surface area contributed by atoms with E-state index in [9.17, 15) is 53.1 Å². The van der Waals surface area contributed by atoms with Crippen LogP contribution in [0.15, 0.2) is 0 Å². The minimum absolute atomic E-state index is 0.401. The van der Waals surface area contributed by atoms with Crippen LogP contribution in [-0.2, 0) is 9.53 Å². The van der Waals surface area contributed by atoms with Gasteiger partial charge in [-0.15, -0.1) is 0 Å². The molecule has 0 spiro atoms. The van der Waals surface area contributed by atoms with Gasteiger partial charge in [0.05, 0.1) is 5.41 Å². The smallest absolute Gasteiger partial charge is 0.391 e. The second kappa shape index (κ2) is 5.12. The van der Waals surface area contributed by atoms with E-state index in [2.05, 4.69) is 4.74 Å². The highest BCUT2D eigenvalue weighted by atomic mass is 19.4. The zero-order valence-corrected chi connectivity index (χ0v) is 12.7. The first-order chi connectivity index (χ1) is 10.7. The molecule has 25 heavy (non-hydrogen) atoms. The molecule has 1 saturated carbocycles.